The van der Waals surface area contributed by atoms with Crippen LogP contribution >= 0.6 is 0 Å². The van der Waals surface area contributed by atoms with Crippen LogP contribution in [0.5, 0.6) is 0 Å². The van der Waals surface area contributed by atoms with Crippen LogP contribution in [0.2, 0.25) is 18.1 Å². The first kappa shape index (κ1) is 39.4. The molecule has 0 aliphatic heterocycles. The fraction of sp³-hybridized carbons (Fsp3) is 0.571. The third kappa shape index (κ3) is 8.21. The maximum absolute atomic E-state index is 13.3. The van der Waals surface area contributed by atoms with Gasteiger partial charge < -0.3 is 28.1 Å². The van der Waals surface area contributed by atoms with E-state index in [1.165, 1.54) is 35.5 Å². The summed E-state index contributed by atoms with van der Waals surface area (Å²) in [5.41, 5.74) is -2.57. The van der Waals surface area contributed by atoms with Gasteiger partial charge in [-0.25, -0.2) is 0 Å². The number of hydrogen-bond acceptors (Lipinski definition) is 11. The van der Waals surface area contributed by atoms with Crippen LogP contribution in [-0.4, -0.2) is 79.3 Å². The average Bonchev–Trinajstić information content (AvgIpc) is 3.69. The van der Waals surface area contributed by atoms with Crippen molar-refractivity contribution >= 4 is 38.2 Å². The van der Waals surface area contributed by atoms with E-state index in [2.05, 4.69) is 40.4 Å². The highest BCUT2D eigenvalue weighted by Gasteiger charge is 2.73. The van der Waals surface area contributed by atoms with Crippen LogP contribution in [0.25, 0.3) is 0 Å². The molecule has 47 heavy (non-hydrogen) atoms. The van der Waals surface area contributed by atoms with Gasteiger partial charge >= 0.3 is 29.8 Å². The molecule has 260 valence electrons. The maximum Gasteiger partial charge on any atom is 0.323 e. The molecule has 2 atom stereocenters. The van der Waals surface area contributed by atoms with E-state index < -0.39 is 60.5 Å². The third-order valence-electron chi connectivity index (χ3n) is 9.56. The largest absolute Gasteiger partial charge is 0.468 e. The molecule has 0 saturated heterocycles. The summed E-state index contributed by atoms with van der Waals surface area (Å²) in [6.07, 6.45) is 5.45. The first-order valence-electron chi connectivity index (χ1n) is 15.4. The van der Waals surface area contributed by atoms with Gasteiger partial charge in [-0.1, -0.05) is 63.3 Å². The van der Waals surface area contributed by atoms with Crippen molar-refractivity contribution in [3.8, 4) is 0 Å². The summed E-state index contributed by atoms with van der Waals surface area (Å²) in [5.74, 6) is -4.73. The zero-order valence-electron chi connectivity index (χ0n) is 29.4. The molecule has 2 unspecified atom stereocenters. The average molecular weight is 675 g/mol. The lowest BCUT2D eigenvalue weighted by atomic mass is 9.77. The Morgan fingerprint density at radius 3 is 1.89 bits per heavy atom. The topological polar surface area (TPSA) is 141 Å². The molecule has 0 bridgehead atoms. The second kappa shape index (κ2) is 15.4. The zero-order valence-corrected chi connectivity index (χ0v) is 30.4. The number of carbonyl (C=O) groups is 5. The van der Waals surface area contributed by atoms with E-state index >= 15 is 0 Å². The number of esters is 5. The molecule has 0 amide bonds. The zero-order chi connectivity index (χ0) is 35.8. The minimum Gasteiger partial charge on any atom is -0.468 e. The summed E-state index contributed by atoms with van der Waals surface area (Å²) in [7, 11) is 3.74. The van der Waals surface area contributed by atoms with Crippen LogP contribution < -0.4 is 0 Å². The fourth-order valence-electron chi connectivity index (χ4n) is 5.65. The van der Waals surface area contributed by atoms with Gasteiger partial charge in [-0.3, -0.25) is 24.0 Å². The lowest BCUT2D eigenvalue weighted by Gasteiger charge is -2.40. The van der Waals surface area contributed by atoms with Crippen molar-refractivity contribution in [2.24, 2.45) is 16.7 Å². The van der Waals surface area contributed by atoms with E-state index in [1.54, 1.807) is 42.5 Å². The first-order chi connectivity index (χ1) is 21.9. The van der Waals surface area contributed by atoms with Gasteiger partial charge in [-0.15, -0.1) is 6.58 Å². The molecule has 12 heteroatoms. The predicted octanol–water partition coefficient (Wildman–Crippen LogP) is 4.91. The number of carbonyl (C=O) groups excluding carboxylic acids is 5. The van der Waals surface area contributed by atoms with Crippen molar-refractivity contribution < 1.29 is 52.1 Å². The van der Waals surface area contributed by atoms with Crippen LogP contribution in [0.1, 0.15) is 51.2 Å². The SMILES string of the molecule is C=CC1(O[Si](C)(C)C(C)(C)C)CC1(C/C=C/CC(Cc1cccc(CC(C(=O)OC)C(=O)OC)c1)(C(=O)OC)C(=O)OC)C(=O)OC. The Labute approximate surface area is 279 Å². The normalized spacial score (nSPS) is 19.6. The molecule has 0 radical (unpaired) electrons. The van der Waals surface area contributed by atoms with Crippen LogP contribution in [0.3, 0.4) is 0 Å². The summed E-state index contributed by atoms with van der Waals surface area (Å²) >= 11 is 0. The Morgan fingerprint density at radius 1 is 0.872 bits per heavy atom. The van der Waals surface area contributed by atoms with Crippen LogP contribution in [0.15, 0.2) is 49.1 Å². The van der Waals surface area contributed by atoms with Gasteiger partial charge in [-0.2, -0.15) is 0 Å². The number of methoxy groups -OCH3 is 5. The van der Waals surface area contributed by atoms with Gasteiger partial charge in [0.1, 0.15) is 5.41 Å². The minimum absolute atomic E-state index is 0.0197. The fourth-order valence-corrected chi connectivity index (χ4v) is 7.22. The van der Waals surface area contributed by atoms with Crippen molar-refractivity contribution in [3.05, 3.63) is 60.2 Å². The highest BCUT2D eigenvalue weighted by atomic mass is 28.4. The Kier molecular flexibility index (Phi) is 12.9. The van der Waals surface area contributed by atoms with E-state index in [0.717, 1.165) is 0 Å². The molecule has 2 rings (SSSR count). The van der Waals surface area contributed by atoms with Gasteiger partial charge in [0.05, 0.1) is 41.2 Å². The lowest BCUT2D eigenvalue weighted by molar-refractivity contribution is -0.169. The molecular formula is C35H50O11Si. The van der Waals surface area contributed by atoms with Crippen LogP contribution in [0, 0.1) is 16.7 Å². The standard InChI is InChI=1S/C35H50O11Si/c1-12-35(46-47(10,11)32(2,3)4)23-34(35,31(40)45-9)19-14-13-18-33(29(38)43-7,30(39)44-8)22-25-17-15-16-24(20-25)21-26(27(36)41-5)28(37)42-6/h12-17,20,26H,1,18-19,21-23H2,2-11H3/b14-13+. The monoisotopic (exact) mass is 674 g/mol. The van der Waals surface area contributed by atoms with Gasteiger partial charge in [0.2, 0.25) is 0 Å². The molecule has 11 nitrogen and oxygen atoms in total. The van der Waals surface area contributed by atoms with E-state index in [0.29, 0.717) is 17.5 Å². The summed E-state index contributed by atoms with van der Waals surface area (Å²) in [5, 5.41) is -0.110. The molecule has 1 saturated carbocycles. The molecule has 1 aromatic carbocycles. The number of rotatable bonds is 16. The highest BCUT2D eigenvalue weighted by Crippen LogP contribution is 2.65. The first-order valence-corrected chi connectivity index (χ1v) is 18.3. The quantitative estimate of drug-likeness (QED) is 0.0776. The summed E-state index contributed by atoms with van der Waals surface area (Å²) < 4.78 is 31.7. The number of allylic oxidation sites excluding steroid dienone is 2. The minimum atomic E-state index is -2.32. The summed E-state index contributed by atoms with van der Waals surface area (Å²) in [6, 6.07) is 6.80. The van der Waals surface area contributed by atoms with E-state index in [4.69, 9.17) is 28.1 Å². The van der Waals surface area contributed by atoms with Crippen molar-refractivity contribution in [2.75, 3.05) is 35.5 Å². The molecule has 1 aliphatic rings. The highest BCUT2D eigenvalue weighted by molar-refractivity contribution is 6.74. The van der Waals surface area contributed by atoms with E-state index in [-0.39, 0.29) is 30.7 Å². The third-order valence-corrected chi connectivity index (χ3v) is 14.0. The maximum atomic E-state index is 13.3. The number of hydrogen-bond donors (Lipinski definition) is 0. The second-order valence-electron chi connectivity index (χ2n) is 13.5. The van der Waals surface area contributed by atoms with E-state index in [1.807, 2.05) is 0 Å². The number of benzene rings is 1. The molecule has 1 aliphatic carbocycles. The van der Waals surface area contributed by atoms with Gasteiger partial charge in [0, 0.05) is 0 Å². The van der Waals surface area contributed by atoms with Crippen molar-refractivity contribution in [2.45, 2.75) is 76.6 Å². The Morgan fingerprint density at radius 2 is 1.43 bits per heavy atom. The number of ether oxygens (including phenoxy) is 5. The smallest absolute Gasteiger partial charge is 0.323 e. The molecule has 1 aromatic rings. The molecule has 0 aromatic heterocycles. The summed E-state index contributed by atoms with van der Waals surface area (Å²) in [4.78, 5) is 64.4. The summed E-state index contributed by atoms with van der Waals surface area (Å²) in [6.45, 7) is 14.6. The van der Waals surface area contributed by atoms with Gasteiger partial charge in [0.15, 0.2) is 19.7 Å². The molecule has 0 spiro atoms. The molecule has 1 fully saturated rings. The second-order valence-corrected chi connectivity index (χ2v) is 18.2. The lowest BCUT2D eigenvalue weighted by Crippen LogP contribution is -2.47. The van der Waals surface area contributed by atoms with Gasteiger partial charge in [-0.05, 0) is 61.4 Å². The van der Waals surface area contributed by atoms with Crippen LogP contribution in [-0.2, 0) is 64.9 Å². The Hall–Kier alpha value is -3.77. The molecule has 0 N–H and O–H groups in total. The Bertz CT molecular complexity index is 1340. The van der Waals surface area contributed by atoms with Gasteiger partial charge in [0.25, 0.3) is 0 Å². The predicted molar refractivity (Wildman–Crippen MR) is 176 cm³/mol. The molecule has 0 heterocycles. The van der Waals surface area contributed by atoms with Crippen molar-refractivity contribution in [1.29, 1.82) is 0 Å². The Balaban J connectivity index is 2.44. The van der Waals surface area contributed by atoms with Crippen LogP contribution in [0.4, 0.5) is 0 Å². The van der Waals surface area contributed by atoms with Crippen molar-refractivity contribution in [3.63, 3.8) is 0 Å². The molecular weight excluding hydrogens is 624 g/mol. The van der Waals surface area contributed by atoms with Crippen molar-refractivity contribution in [1.82, 2.24) is 0 Å². The van der Waals surface area contributed by atoms with E-state index in [9.17, 15) is 24.0 Å².